The van der Waals surface area contributed by atoms with Crippen molar-refractivity contribution < 1.29 is 23.8 Å². The van der Waals surface area contributed by atoms with Gasteiger partial charge in [-0.2, -0.15) is 0 Å². The highest BCUT2D eigenvalue weighted by Crippen LogP contribution is 2.18. The van der Waals surface area contributed by atoms with Gasteiger partial charge in [0.1, 0.15) is 6.61 Å². The van der Waals surface area contributed by atoms with Crippen molar-refractivity contribution in [1.29, 1.82) is 0 Å². The number of nitrogens with zero attached hydrogens (tertiary/aromatic N) is 1. The van der Waals surface area contributed by atoms with Crippen LogP contribution in [0.5, 0.6) is 0 Å². The van der Waals surface area contributed by atoms with Gasteiger partial charge in [0.15, 0.2) is 0 Å². The summed E-state index contributed by atoms with van der Waals surface area (Å²) in [6.45, 7) is 3.87. The molecule has 122 valence electrons. The second-order valence-corrected chi connectivity index (χ2v) is 4.69. The maximum atomic E-state index is 12.1. The minimum absolute atomic E-state index is 0.0256. The number of rotatable bonds is 7. The van der Waals surface area contributed by atoms with Crippen molar-refractivity contribution in [3.05, 3.63) is 41.6 Å². The number of hydrogen-bond donors (Lipinski definition) is 0. The highest BCUT2D eigenvalue weighted by Gasteiger charge is 2.16. The average molecular weight is 317 g/mol. The zero-order valence-corrected chi connectivity index (χ0v) is 13.2. The third-order valence-corrected chi connectivity index (χ3v) is 3.06. The van der Waals surface area contributed by atoms with Crippen molar-refractivity contribution in [2.24, 2.45) is 0 Å². The largest absolute Gasteiger partial charge is 0.464 e. The Morgan fingerprint density at radius 2 is 1.83 bits per heavy atom. The highest BCUT2D eigenvalue weighted by atomic mass is 16.6. The Kier molecular flexibility index (Phi) is 6.05. The molecule has 0 N–H and O–H groups in total. The molecule has 1 heterocycles. The van der Waals surface area contributed by atoms with Gasteiger partial charge in [-0.3, -0.25) is 0 Å². The van der Waals surface area contributed by atoms with Crippen molar-refractivity contribution in [2.75, 3.05) is 19.8 Å². The van der Waals surface area contributed by atoms with E-state index < -0.39 is 11.9 Å². The average Bonchev–Trinajstić information content (AvgIpc) is 2.54. The minimum Gasteiger partial charge on any atom is -0.464 e. The van der Waals surface area contributed by atoms with Crippen LogP contribution in [0.25, 0.3) is 10.9 Å². The Hall–Kier alpha value is -2.47. The van der Waals surface area contributed by atoms with E-state index in [1.54, 1.807) is 19.9 Å². The summed E-state index contributed by atoms with van der Waals surface area (Å²) in [7, 11) is 0. The summed E-state index contributed by atoms with van der Waals surface area (Å²) >= 11 is 0. The van der Waals surface area contributed by atoms with Gasteiger partial charge >= 0.3 is 11.9 Å². The molecule has 2 rings (SSSR count). The van der Waals surface area contributed by atoms with E-state index in [2.05, 4.69) is 4.98 Å². The number of benzene rings is 1. The lowest BCUT2D eigenvalue weighted by Crippen LogP contribution is -2.15. The van der Waals surface area contributed by atoms with Gasteiger partial charge in [0.25, 0.3) is 0 Å². The van der Waals surface area contributed by atoms with E-state index in [1.165, 1.54) is 0 Å². The monoisotopic (exact) mass is 317 g/mol. The summed E-state index contributed by atoms with van der Waals surface area (Å²) < 4.78 is 15.2. The van der Waals surface area contributed by atoms with E-state index in [9.17, 15) is 9.59 Å². The molecule has 0 spiro atoms. The summed E-state index contributed by atoms with van der Waals surface area (Å²) in [6, 6.07) is 9.18. The minimum atomic E-state index is -0.458. The number of fused-ring (bicyclic) bond motifs is 1. The van der Waals surface area contributed by atoms with Crippen LogP contribution >= 0.6 is 0 Å². The topological polar surface area (TPSA) is 74.7 Å². The summed E-state index contributed by atoms with van der Waals surface area (Å²) in [4.78, 5) is 27.9. The van der Waals surface area contributed by atoms with Crippen LogP contribution in [0.15, 0.2) is 30.3 Å². The maximum absolute atomic E-state index is 12.1. The van der Waals surface area contributed by atoms with E-state index in [-0.39, 0.29) is 19.8 Å². The van der Waals surface area contributed by atoms with E-state index in [0.717, 1.165) is 10.9 Å². The Morgan fingerprint density at radius 1 is 1.09 bits per heavy atom. The Morgan fingerprint density at radius 3 is 2.57 bits per heavy atom. The molecule has 0 fully saturated rings. The van der Waals surface area contributed by atoms with Gasteiger partial charge in [-0.25, -0.2) is 14.6 Å². The zero-order chi connectivity index (χ0) is 16.7. The number of pyridine rings is 1. The molecule has 0 amide bonds. The first-order valence-corrected chi connectivity index (χ1v) is 7.44. The molecule has 6 nitrogen and oxygen atoms in total. The predicted octanol–water partition coefficient (Wildman–Crippen LogP) is 2.49. The number of aromatic nitrogens is 1. The molecule has 0 aliphatic carbocycles. The molecule has 0 atom stereocenters. The number of carbonyl (C=O) groups is 2. The van der Waals surface area contributed by atoms with Crippen molar-refractivity contribution >= 4 is 22.8 Å². The lowest BCUT2D eigenvalue weighted by atomic mass is 10.1. The third kappa shape index (κ3) is 4.50. The molecule has 0 saturated heterocycles. The number of hydrogen-bond acceptors (Lipinski definition) is 6. The molecule has 0 bridgehead atoms. The number of para-hydroxylation sites is 1. The molecular weight excluding hydrogens is 298 g/mol. The van der Waals surface area contributed by atoms with Crippen LogP contribution in [0, 0.1) is 0 Å². The highest BCUT2D eigenvalue weighted by molar-refractivity contribution is 5.95. The summed E-state index contributed by atoms with van der Waals surface area (Å²) in [5.41, 5.74) is 1.52. The van der Waals surface area contributed by atoms with Gasteiger partial charge in [0, 0.05) is 5.39 Å². The lowest BCUT2D eigenvalue weighted by Gasteiger charge is -2.10. The quantitative estimate of drug-likeness (QED) is 0.730. The standard InChI is InChI=1S/C17H19NO5/c1-3-22-16(19)11-21-10-15-13(17(20)23-4-2)9-12-7-5-6-8-14(12)18-15/h5-9H,3-4,10-11H2,1-2H3. The normalized spacial score (nSPS) is 10.5. The Balaban J connectivity index is 2.22. The van der Waals surface area contributed by atoms with Gasteiger partial charge in [-0.15, -0.1) is 0 Å². The molecule has 0 aliphatic heterocycles. The number of carbonyl (C=O) groups excluding carboxylic acids is 2. The summed E-state index contributed by atoms with van der Waals surface area (Å²) in [5.74, 6) is -0.911. The first-order chi connectivity index (χ1) is 11.2. The van der Waals surface area contributed by atoms with Gasteiger partial charge in [0.2, 0.25) is 0 Å². The van der Waals surface area contributed by atoms with Crippen LogP contribution in [-0.4, -0.2) is 36.7 Å². The number of esters is 2. The number of ether oxygens (including phenoxy) is 3. The van der Waals surface area contributed by atoms with Crippen LogP contribution in [0.2, 0.25) is 0 Å². The van der Waals surface area contributed by atoms with Gasteiger partial charge < -0.3 is 14.2 Å². The van der Waals surface area contributed by atoms with Crippen molar-refractivity contribution in [3.63, 3.8) is 0 Å². The first kappa shape index (κ1) is 16.9. The molecule has 1 aromatic heterocycles. The molecule has 0 aliphatic rings. The lowest BCUT2D eigenvalue weighted by molar-refractivity contribution is -0.148. The van der Waals surface area contributed by atoms with Crippen LogP contribution in [0.3, 0.4) is 0 Å². The van der Waals surface area contributed by atoms with E-state index in [1.807, 2.05) is 24.3 Å². The van der Waals surface area contributed by atoms with E-state index in [4.69, 9.17) is 14.2 Å². The van der Waals surface area contributed by atoms with E-state index >= 15 is 0 Å². The SMILES string of the molecule is CCOC(=O)COCc1nc2ccccc2cc1C(=O)OCC. The zero-order valence-electron chi connectivity index (χ0n) is 13.2. The molecular formula is C17H19NO5. The van der Waals surface area contributed by atoms with Crippen LogP contribution in [0.1, 0.15) is 29.9 Å². The molecule has 0 unspecified atom stereocenters. The Labute approximate surface area is 134 Å². The molecule has 23 heavy (non-hydrogen) atoms. The van der Waals surface area contributed by atoms with Crippen molar-refractivity contribution in [3.8, 4) is 0 Å². The molecule has 2 aromatic rings. The fraction of sp³-hybridized carbons (Fsp3) is 0.353. The predicted molar refractivity (Wildman–Crippen MR) is 84.0 cm³/mol. The van der Waals surface area contributed by atoms with Crippen LogP contribution in [0.4, 0.5) is 0 Å². The molecule has 6 heteroatoms. The maximum Gasteiger partial charge on any atom is 0.340 e. The van der Waals surface area contributed by atoms with Gasteiger partial charge in [-0.05, 0) is 26.0 Å². The fourth-order valence-corrected chi connectivity index (χ4v) is 2.09. The molecule has 0 saturated carbocycles. The first-order valence-electron chi connectivity index (χ1n) is 7.44. The second kappa shape index (κ2) is 8.24. The Bertz CT molecular complexity index is 698. The molecule has 0 radical (unpaired) electrons. The van der Waals surface area contributed by atoms with Crippen molar-refractivity contribution in [2.45, 2.75) is 20.5 Å². The van der Waals surface area contributed by atoms with Crippen molar-refractivity contribution in [1.82, 2.24) is 4.98 Å². The van der Waals surface area contributed by atoms with Crippen LogP contribution in [-0.2, 0) is 25.6 Å². The smallest absolute Gasteiger partial charge is 0.340 e. The van der Waals surface area contributed by atoms with E-state index in [0.29, 0.717) is 17.9 Å². The second-order valence-electron chi connectivity index (χ2n) is 4.69. The fourth-order valence-electron chi connectivity index (χ4n) is 2.09. The summed E-state index contributed by atoms with van der Waals surface area (Å²) in [5, 5.41) is 0.838. The summed E-state index contributed by atoms with van der Waals surface area (Å²) in [6.07, 6.45) is 0. The van der Waals surface area contributed by atoms with Gasteiger partial charge in [-0.1, -0.05) is 18.2 Å². The van der Waals surface area contributed by atoms with Crippen LogP contribution < -0.4 is 0 Å². The molecule has 1 aromatic carbocycles. The van der Waals surface area contributed by atoms with Gasteiger partial charge in [0.05, 0.1) is 36.6 Å². The third-order valence-electron chi connectivity index (χ3n) is 3.06.